The second kappa shape index (κ2) is 6.03. The number of rotatable bonds is 5. The second-order valence-corrected chi connectivity index (χ2v) is 6.10. The molecule has 1 aliphatic rings. The Morgan fingerprint density at radius 3 is 2.63 bits per heavy atom. The zero-order valence-corrected chi connectivity index (χ0v) is 12.8. The minimum atomic E-state index is -0.182. The lowest BCUT2D eigenvalue weighted by molar-refractivity contribution is -0.136. The first kappa shape index (κ1) is 14.5. The molecule has 0 aliphatic carbocycles. The van der Waals surface area contributed by atoms with E-state index in [0.717, 1.165) is 23.1 Å². The van der Waals surface area contributed by atoms with E-state index in [1.54, 1.807) is 0 Å². The molecule has 0 aromatic heterocycles. The molecule has 104 valence electrons. The molecule has 2 rings (SSSR count). The third kappa shape index (κ3) is 4.03. The first-order valence-electron chi connectivity index (χ1n) is 6.38. The number of benzene rings is 1. The lowest BCUT2D eigenvalue weighted by atomic mass is 10.0. The number of hydrogen-bond acceptors (Lipinski definition) is 3. The van der Waals surface area contributed by atoms with E-state index in [1.807, 2.05) is 38.1 Å². The fourth-order valence-corrected chi connectivity index (χ4v) is 2.20. The lowest BCUT2D eigenvalue weighted by Gasteiger charge is -2.38. The number of halogens is 1. The third-order valence-corrected chi connectivity index (χ3v) is 3.83. The van der Waals surface area contributed by atoms with Crippen LogP contribution in [-0.2, 0) is 9.53 Å². The summed E-state index contributed by atoms with van der Waals surface area (Å²) in [6.07, 6.45) is 0. The quantitative estimate of drug-likeness (QED) is 0.870. The number of carbonyl (C=O) groups is 1. The summed E-state index contributed by atoms with van der Waals surface area (Å²) in [5.74, 6) is -0.0801. The summed E-state index contributed by atoms with van der Waals surface area (Å²) in [4.78, 5) is 11.8. The van der Waals surface area contributed by atoms with Gasteiger partial charge in [-0.05, 0) is 31.5 Å². The Morgan fingerprint density at radius 1 is 1.47 bits per heavy atom. The van der Waals surface area contributed by atoms with Crippen molar-refractivity contribution in [3.8, 4) is 0 Å². The van der Waals surface area contributed by atoms with Gasteiger partial charge in [0.25, 0.3) is 0 Å². The van der Waals surface area contributed by atoms with E-state index in [2.05, 4.69) is 26.6 Å². The van der Waals surface area contributed by atoms with Crippen LogP contribution in [0.5, 0.6) is 0 Å². The van der Waals surface area contributed by atoms with Gasteiger partial charge in [0.2, 0.25) is 5.91 Å². The van der Waals surface area contributed by atoms with Crippen LogP contribution in [0.2, 0.25) is 0 Å². The van der Waals surface area contributed by atoms with Gasteiger partial charge >= 0.3 is 0 Å². The number of hydrogen-bond donors (Lipinski definition) is 2. The summed E-state index contributed by atoms with van der Waals surface area (Å²) in [7, 11) is 0. The molecule has 1 unspecified atom stereocenters. The van der Waals surface area contributed by atoms with Gasteiger partial charge in [-0.25, -0.2) is 0 Å². The highest BCUT2D eigenvalue weighted by molar-refractivity contribution is 9.10. The van der Waals surface area contributed by atoms with E-state index < -0.39 is 0 Å². The molecule has 1 saturated heterocycles. The maximum Gasteiger partial charge on any atom is 0.246 e. The Balaban J connectivity index is 1.79. The van der Waals surface area contributed by atoms with E-state index in [4.69, 9.17) is 4.74 Å². The molecular weight excluding hydrogens is 308 g/mol. The average molecular weight is 327 g/mol. The fourth-order valence-electron chi connectivity index (χ4n) is 1.94. The highest BCUT2D eigenvalue weighted by atomic mass is 79.9. The van der Waals surface area contributed by atoms with Gasteiger partial charge in [0.1, 0.15) is 6.61 Å². The lowest BCUT2D eigenvalue weighted by Crippen LogP contribution is -2.59. The summed E-state index contributed by atoms with van der Waals surface area (Å²) < 4.78 is 6.63. The van der Waals surface area contributed by atoms with Crippen LogP contribution in [0.1, 0.15) is 25.5 Å². The van der Waals surface area contributed by atoms with E-state index in [9.17, 15) is 4.79 Å². The van der Waals surface area contributed by atoms with Crippen LogP contribution >= 0.6 is 15.9 Å². The molecule has 1 atom stereocenters. The van der Waals surface area contributed by atoms with E-state index in [0.29, 0.717) is 0 Å². The number of ether oxygens (including phenoxy) is 1. The van der Waals surface area contributed by atoms with Gasteiger partial charge in [-0.3, -0.25) is 4.79 Å². The van der Waals surface area contributed by atoms with Crippen molar-refractivity contribution in [2.24, 2.45) is 0 Å². The Kier molecular flexibility index (Phi) is 4.60. The molecule has 1 amide bonds. The van der Waals surface area contributed by atoms with Gasteiger partial charge in [0, 0.05) is 17.6 Å². The SMILES string of the molecule is CC(NC(=O)COC1(C)CNC1)c1ccc(Br)cc1. The highest BCUT2D eigenvalue weighted by Crippen LogP contribution is 2.17. The molecule has 0 bridgehead atoms. The predicted octanol–water partition coefficient (Wildman–Crippen LogP) is 2.00. The van der Waals surface area contributed by atoms with Crippen molar-refractivity contribution in [3.63, 3.8) is 0 Å². The fraction of sp³-hybridized carbons (Fsp3) is 0.500. The standard InChI is InChI=1S/C14H19BrN2O2/c1-10(11-3-5-12(15)6-4-11)17-13(18)7-19-14(2)8-16-9-14/h3-6,10,16H,7-9H2,1-2H3,(H,17,18). The maximum absolute atomic E-state index is 11.8. The molecule has 1 heterocycles. The summed E-state index contributed by atoms with van der Waals surface area (Å²) in [6, 6.07) is 7.90. The van der Waals surface area contributed by atoms with Crippen LogP contribution in [0.25, 0.3) is 0 Å². The molecule has 0 radical (unpaired) electrons. The molecule has 1 aromatic rings. The number of amides is 1. The topological polar surface area (TPSA) is 50.4 Å². The Labute approximate surface area is 122 Å². The largest absolute Gasteiger partial charge is 0.363 e. The smallest absolute Gasteiger partial charge is 0.246 e. The van der Waals surface area contributed by atoms with Crippen molar-refractivity contribution in [1.29, 1.82) is 0 Å². The van der Waals surface area contributed by atoms with Crippen LogP contribution in [0.4, 0.5) is 0 Å². The monoisotopic (exact) mass is 326 g/mol. The van der Waals surface area contributed by atoms with Crippen molar-refractivity contribution >= 4 is 21.8 Å². The molecule has 19 heavy (non-hydrogen) atoms. The third-order valence-electron chi connectivity index (χ3n) is 3.30. The first-order chi connectivity index (χ1) is 8.98. The second-order valence-electron chi connectivity index (χ2n) is 5.18. The van der Waals surface area contributed by atoms with Gasteiger partial charge in [0.15, 0.2) is 0 Å². The van der Waals surface area contributed by atoms with Crippen molar-refractivity contribution in [2.75, 3.05) is 19.7 Å². The zero-order valence-electron chi connectivity index (χ0n) is 11.2. The van der Waals surface area contributed by atoms with Crippen molar-refractivity contribution in [3.05, 3.63) is 34.3 Å². The van der Waals surface area contributed by atoms with Crippen LogP contribution in [0, 0.1) is 0 Å². The van der Waals surface area contributed by atoms with Gasteiger partial charge in [0.05, 0.1) is 11.6 Å². The Morgan fingerprint density at radius 2 is 2.11 bits per heavy atom. The summed E-state index contributed by atoms with van der Waals surface area (Å²) in [5, 5.41) is 6.07. The van der Waals surface area contributed by atoms with Crippen molar-refractivity contribution in [1.82, 2.24) is 10.6 Å². The Bertz CT molecular complexity index is 443. The molecule has 4 nitrogen and oxygen atoms in total. The molecule has 0 saturated carbocycles. The number of carbonyl (C=O) groups excluding carboxylic acids is 1. The molecule has 1 aliphatic heterocycles. The molecule has 1 fully saturated rings. The van der Waals surface area contributed by atoms with E-state index >= 15 is 0 Å². The van der Waals surface area contributed by atoms with Gasteiger partial charge in [-0.2, -0.15) is 0 Å². The van der Waals surface area contributed by atoms with Crippen LogP contribution in [0.15, 0.2) is 28.7 Å². The minimum absolute atomic E-state index is 0.0171. The predicted molar refractivity (Wildman–Crippen MR) is 77.9 cm³/mol. The van der Waals surface area contributed by atoms with Crippen molar-refractivity contribution < 1.29 is 9.53 Å². The van der Waals surface area contributed by atoms with Gasteiger partial charge in [-0.1, -0.05) is 28.1 Å². The average Bonchev–Trinajstić information content (AvgIpc) is 2.35. The number of nitrogens with one attached hydrogen (secondary N) is 2. The van der Waals surface area contributed by atoms with Crippen LogP contribution < -0.4 is 10.6 Å². The summed E-state index contributed by atoms with van der Waals surface area (Å²) in [6.45, 7) is 5.70. The van der Waals surface area contributed by atoms with Crippen molar-refractivity contribution in [2.45, 2.75) is 25.5 Å². The van der Waals surface area contributed by atoms with Gasteiger partial charge < -0.3 is 15.4 Å². The molecule has 5 heteroatoms. The molecular formula is C14H19BrN2O2. The van der Waals surface area contributed by atoms with Gasteiger partial charge in [-0.15, -0.1) is 0 Å². The minimum Gasteiger partial charge on any atom is -0.363 e. The first-order valence-corrected chi connectivity index (χ1v) is 7.17. The molecule has 2 N–H and O–H groups in total. The zero-order chi connectivity index (χ0) is 13.9. The Hall–Kier alpha value is -0.910. The summed E-state index contributed by atoms with van der Waals surface area (Å²) >= 11 is 3.39. The normalized spacial score (nSPS) is 18.5. The maximum atomic E-state index is 11.8. The van der Waals surface area contributed by atoms with Crippen LogP contribution in [-0.4, -0.2) is 31.2 Å². The van der Waals surface area contributed by atoms with E-state index in [-0.39, 0.29) is 24.2 Å². The molecule has 1 aromatic carbocycles. The van der Waals surface area contributed by atoms with E-state index in [1.165, 1.54) is 0 Å². The highest BCUT2D eigenvalue weighted by Gasteiger charge is 2.33. The molecule has 0 spiro atoms. The summed E-state index contributed by atoms with van der Waals surface area (Å²) in [5.41, 5.74) is 0.895. The van der Waals surface area contributed by atoms with Crippen LogP contribution in [0.3, 0.4) is 0 Å².